The van der Waals surface area contributed by atoms with Crippen molar-refractivity contribution in [1.29, 1.82) is 0 Å². The second-order valence-electron chi connectivity index (χ2n) is 7.43. The summed E-state index contributed by atoms with van der Waals surface area (Å²) in [7, 11) is 0. The molecule has 3 aromatic rings. The van der Waals surface area contributed by atoms with Gasteiger partial charge in [-0.3, -0.25) is 4.79 Å². The molecular weight excluding hydrogens is 388 g/mol. The Labute approximate surface area is 173 Å². The number of benzene rings is 2. The molecule has 0 aliphatic carbocycles. The van der Waals surface area contributed by atoms with Crippen molar-refractivity contribution in [1.82, 2.24) is 14.5 Å². The van der Waals surface area contributed by atoms with Gasteiger partial charge in [0.2, 0.25) is 0 Å². The Hall–Kier alpha value is -3.06. The monoisotopic (exact) mass is 411 g/mol. The van der Waals surface area contributed by atoms with Gasteiger partial charge in [-0.05, 0) is 48.7 Å². The zero-order valence-corrected chi connectivity index (χ0v) is 16.5. The maximum Gasteiger partial charge on any atom is 0.254 e. The fraction of sp³-hybridized carbons (Fsp3) is 0.304. The van der Waals surface area contributed by atoms with E-state index in [1.807, 2.05) is 10.8 Å². The molecule has 4 rings (SSSR count). The Bertz CT molecular complexity index is 998. The summed E-state index contributed by atoms with van der Waals surface area (Å²) < 4.78 is 34.5. The van der Waals surface area contributed by atoms with E-state index >= 15 is 0 Å². The number of hydrogen-bond acceptors (Lipinski definition) is 3. The molecule has 1 amide bonds. The zero-order chi connectivity index (χ0) is 20.9. The third-order valence-corrected chi connectivity index (χ3v) is 5.21. The predicted molar refractivity (Wildman–Crippen MR) is 108 cm³/mol. The minimum Gasteiger partial charge on any atom is -0.376 e. The third kappa shape index (κ3) is 4.91. The van der Waals surface area contributed by atoms with E-state index in [0.717, 1.165) is 18.4 Å². The summed E-state index contributed by atoms with van der Waals surface area (Å²) in [6.07, 6.45) is 5.32. The van der Waals surface area contributed by atoms with Crippen LogP contribution in [-0.2, 0) is 17.8 Å². The van der Waals surface area contributed by atoms with Crippen LogP contribution in [0.1, 0.15) is 34.6 Å². The lowest BCUT2D eigenvalue weighted by Gasteiger charge is -2.25. The van der Waals surface area contributed by atoms with Crippen LogP contribution in [-0.4, -0.2) is 39.6 Å². The van der Waals surface area contributed by atoms with Crippen molar-refractivity contribution < 1.29 is 18.3 Å². The van der Waals surface area contributed by atoms with Crippen LogP contribution in [0.25, 0.3) is 0 Å². The van der Waals surface area contributed by atoms with E-state index in [0.29, 0.717) is 31.1 Å². The van der Waals surface area contributed by atoms with Crippen LogP contribution in [0.15, 0.2) is 60.9 Å². The first-order valence-corrected chi connectivity index (χ1v) is 9.99. The molecule has 1 saturated heterocycles. The fourth-order valence-corrected chi connectivity index (χ4v) is 3.65. The first-order chi connectivity index (χ1) is 14.6. The molecule has 0 radical (unpaired) electrons. The minimum absolute atomic E-state index is 0.0389. The Morgan fingerprint density at radius 3 is 2.73 bits per heavy atom. The molecule has 1 unspecified atom stereocenters. The van der Waals surface area contributed by atoms with E-state index in [1.165, 1.54) is 30.3 Å². The normalized spacial score (nSPS) is 16.0. The Morgan fingerprint density at radius 2 is 2.00 bits per heavy atom. The number of halogens is 2. The Balaban J connectivity index is 1.55. The lowest BCUT2D eigenvalue weighted by Crippen LogP contribution is -2.37. The van der Waals surface area contributed by atoms with Gasteiger partial charge in [-0.15, -0.1) is 0 Å². The van der Waals surface area contributed by atoms with Crippen molar-refractivity contribution in [2.75, 3.05) is 13.2 Å². The van der Waals surface area contributed by atoms with Gasteiger partial charge in [0.15, 0.2) is 0 Å². The SMILES string of the molecule is O=C(c1cccc(F)c1)N(Cc1nccn1Cc1ccc(F)cc1)CC1CCCO1. The molecule has 1 aliphatic heterocycles. The number of aromatic nitrogens is 2. The Kier molecular flexibility index (Phi) is 6.18. The summed E-state index contributed by atoms with van der Waals surface area (Å²) in [4.78, 5) is 19.2. The van der Waals surface area contributed by atoms with Gasteiger partial charge in [-0.2, -0.15) is 0 Å². The summed E-state index contributed by atoms with van der Waals surface area (Å²) in [6, 6.07) is 12.0. The molecule has 2 heterocycles. The molecule has 0 saturated carbocycles. The smallest absolute Gasteiger partial charge is 0.254 e. The number of carbonyl (C=O) groups is 1. The number of amides is 1. The van der Waals surface area contributed by atoms with Gasteiger partial charge in [0.05, 0.1) is 12.6 Å². The summed E-state index contributed by atoms with van der Waals surface area (Å²) in [5, 5.41) is 0. The summed E-state index contributed by atoms with van der Waals surface area (Å²) >= 11 is 0. The van der Waals surface area contributed by atoms with Crippen molar-refractivity contribution >= 4 is 5.91 Å². The van der Waals surface area contributed by atoms with Gasteiger partial charge in [0, 0.05) is 37.7 Å². The lowest BCUT2D eigenvalue weighted by atomic mass is 10.1. The predicted octanol–water partition coefficient (Wildman–Crippen LogP) is 4.03. The van der Waals surface area contributed by atoms with Crippen LogP contribution in [0.3, 0.4) is 0 Å². The topological polar surface area (TPSA) is 47.4 Å². The van der Waals surface area contributed by atoms with E-state index < -0.39 is 5.82 Å². The van der Waals surface area contributed by atoms with Gasteiger partial charge in [-0.25, -0.2) is 13.8 Å². The maximum absolute atomic E-state index is 13.7. The van der Waals surface area contributed by atoms with Crippen LogP contribution >= 0.6 is 0 Å². The van der Waals surface area contributed by atoms with Gasteiger partial charge in [0.1, 0.15) is 17.5 Å². The summed E-state index contributed by atoms with van der Waals surface area (Å²) in [6.45, 7) is 1.88. The van der Waals surface area contributed by atoms with Crippen LogP contribution in [0.2, 0.25) is 0 Å². The van der Waals surface area contributed by atoms with E-state index in [9.17, 15) is 13.6 Å². The number of carbonyl (C=O) groups excluding carboxylic acids is 1. The fourth-order valence-electron chi connectivity index (χ4n) is 3.65. The first-order valence-electron chi connectivity index (χ1n) is 9.99. The van der Waals surface area contributed by atoms with Crippen molar-refractivity contribution in [3.05, 3.63) is 89.5 Å². The maximum atomic E-state index is 13.7. The van der Waals surface area contributed by atoms with Gasteiger partial charge < -0.3 is 14.2 Å². The van der Waals surface area contributed by atoms with Crippen molar-refractivity contribution in [3.8, 4) is 0 Å². The number of hydrogen-bond donors (Lipinski definition) is 0. The molecule has 156 valence electrons. The van der Waals surface area contributed by atoms with Crippen LogP contribution in [0.5, 0.6) is 0 Å². The quantitative estimate of drug-likeness (QED) is 0.590. The number of imidazole rings is 1. The average molecular weight is 411 g/mol. The summed E-state index contributed by atoms with van der Waals surface area (Å²) in [5.74, 6) is -0.299. The molecule has 1 aliphatic rings. The molecule has 1 fully saturated rings. The molecule has 5 nitrogen and oxygen atoms in total. The van der Waals surface area contributed by atoms with Gasteiger partial charge in [-0.1, -0.05) is 18.2 Å². The third-order valence-electron chi connectivity index (χ3n) is 5.21. The molecule has 2 aromatic carbocycles. The molecule has 0 spiro atoms. The van der Waals surface area contributed by atoms with E-state index in [2.05, 4.69) is 4.98 Å². The lowest BCUT2D eigenvalue weighted by molar-refractivity contribution is 0.0498. The number of ether oxygens (including phenoxy) is 1. The van der Waals surface area contributed by atoms with Crippen molar-refractivity contribution in [2.24, 2.45) is 0 Å². The van der Waals surface area contributed by atoms with Crippen LogP contribution in [0.4, 0.5) is 8.78 Å². The Morgan fingerprint density at radius 1 is 1.17 bits per heavy atom. The highest BCUT2D eigenvalue weighted by atomic mass is 19.1. The van der Waals surface area contributed by atoms with Gasteiger partial charge >= 0.3 is 0 Å². The van der Waals surface area contributed by atoms with Crippen molar-refractivity contribution in [3.63, 3.8) is 0 Å². The number of rotatable bonds is 7. The molecule has 0 bridgehead atoms. The van der Waals surface area contributed by atoms with E-state index in [-0.39, 0.29) is 24.4 Å². The average Bonchev–Trinajstić information content (AvgIpc) is 3.41. The molecule has 7 heteroatoms. The molecular formula is C23H23F2N3O2. The zero-order valence-electron chi connectivity index (χ0n) is 16.5. The second-order valence-corrected chi connectivity index (χ2v) is 7.43. The molecule has 0 N–H and O–H groups in total. The molecule has 1 atom stereocenters. The molecule has 1 aromatic heterocycles. The second kappa shape index (κ2) is 9.17. The van der Waals surface area contributed by atoms with Gasteiger partial charge in [0.25, 0.3) is 5.91 Å². The largest absolute Gasteiger partial charge is 0.376 e. The van der Waals surface area contributed by atoms with Crippen LogP contribution in [0, 0.1) is 11.6 Å². The number of nitrogens with zero attached hydrogens (tertiary/aromatic N) is 3. The first kappa shape index (κ1) is 20.2. The van der Waals surface area contributed by atoms with E-state index in [4.69, 9.17) is 4.74 Å². The van der Waals surface area contributed by atoms with Crippen molar-refractivity contribution in [2.45, 2.75) is 32.0 Å². The minimum atomic E-state index is -0.448. The summed E-state index contributed by atoms with van der Waals surface area (Å²) in [5.41, 5.74) is 1.22. The molecule has 30 heavy (non-hydrogen) atoms. The highest BCUT2D eigenvalue weighted by Gasteiger charge is 2.25. The van der Waals surface area contributed by atoms with Crippen LogP contribution < -0.4 is 0 Å². The standard InChI is InChI=1S/C23H23F2N3O2/c24-19-8-6-17(7-9-19)14-27-11-10-26-22(27)16-28(15-21-5-2-12-30-21)23(29)18-3-1-4-20(25)13-18/h1,3-4,6-11,13,21H,2,5,12,14-16H2. The highest BCUT2D eigenvalue weighted by molar-refractivity contribution is 5.94. The van der Waals surface area contributed by atoms with E-state index in [1.54, 1.807) is 29.3 Å². The highest BCUT2D eigenvalue weighted by Crippen LogP contribution is 2.18.